The molecule has 2 aliphatic rings. The van der Waals surface area contributed by atoms with E-state index in [0.717, 1.165) is 22.6 Å². The zero-order valence-corrected chi connectivity index (χ0v) is 16.4. The van der Waals surface area contributed by atoms with E-state index in [1.807, 2.05) is 60.5 Å². The van der Waals surface area contributed by atoms with Crippen LogP contribution in [0, 0.1) is 0 Å². The van der Waals surface area contributed by atoms with Crippen LogP contribution in [0.5, 0.6) is 5.75 Å². The fourth-order valence-electron chi connectivity index (χ4n) is 3.48. The van der Waals surface area contributed by atoms with Crippen molar-refractivity contribution < 1.29 is 14.3 Å². The zero-order valence-electron chi connectivity index (χ0n) is 16.4. The lowest BCUT2D eigenvalue weighted by atomic mass is 10.1. The number of benzene rings is 2. The van der Waals surface area contributed by atoms with Crippen LogP contribution < -0.4 is 10.1 Å². The minimum absolute atomic E-state index is 0.0325. The van der Waals surface area contributed by atoms with Crippen LogP contribution in [0.3, 0.4) is 0 Å². The van der Waals surface area contributed by atoms with Gasteiger partial charge in [-0.25, -0.2) is 4.99 Å². The summed E-state index contributed by atoms with van der Waals surface area (Å²) in [5.74, 6) is 1.45. The molecule has 2 heterocycles. The van der Waals surface area contributed by atoms with Gasteiger partial charge in [0.1, 0.15) is 12.3 Å². The molecule has 0 atom stereocenters. The summed E-state index contributed by atoms with van der Waals surface area (Å²) in [7, 11) is 1.83. The van der Waals surface area contributed by atoms with Crippen molar-refractivity contribution in [3.63, 3.8) is 0 Å². The molecule has 7 nitrogen and oxygen atoms in total. The number of nitrogens with one attached hydrogen (secondary N) is 1. The molecular formula is C22H24N4O3. The van der Waals surface area contributed by atoms with E-state index in [9.17, 15) is 9.59 Å². The van der Waals surface area contributed by atoms with Crippen LogP contribution in [-0.4, -0.2) is 47.8 Å². The Bertz CT molecular complexity index is 942. The molecule has 0 aliphatic carbocycles. The average molecular weight is 392 g/mol. The van der Waals surface area contributed by atoms with Crippen molar-refractivity contribution in [1.29, 1.82) is 0 Å². The molecule has 2 amide bonds. The number of rotatable bonds is 7. The first-order valence-electron chi connectivity index (χ1n) is 9.75. The van der Waals surface area contributed by atoms with Gasteiger partial charge >= 0.3 is 0 Å². The summed E-state index contributed by atoms with van der Waals surface area (Å²) < 4.78 is 5.83. The molecule has 2 aromatic rings. The summed E-state index contributed by atoms with van der Waals surface area (Å²) in [4.78, 5) is 32.0. The molecule has 2 aromatic carbocycles. The van der Waals surface area contributed by atoms with Gasteiger partial charge in [0.25, 0.3) is 0 Å². The molecule has 1 saturated heterocycles. The number of fused-ring (bicyclic) bond motifs is 2. The third kappa shape index (κ3) is 4.56. The lowest BCUT2D eigenvalue weighted by Crippen LogP contribution is -2.32. The Balaban J connectivity index is 1.24. The second kappa shape index (κ2) is 8.34. The van der Waals surface area contributed by atoms with Crippen LogP contribution in [-0.2, 0) is 22.7 Å². The molecule has 0 saturated carbocycles. The van der Waals surface area contributed by atoms with E-state index in [0.29, 0.717) is 45.0 Å². The van der Waals surface area contributed by atoms with Crippen molar-refractivity contribution in [2.45, 2.75) is 25.9 Å². The number of carbonyl (C=O) groups is 2. The first kappa shape index (κ1) is 19.0. The van der Waals surface area contributed by atoms with Gasteiger partial charge in [-0.2, -0.15) is 0 Å². The van der Waals surface area contributed by atoms with Crippen molar-refractivity contribution in [3.8, 4) is 5.75 Å². The summed E-state index contributed by atoms with van der Waals surface area (Å²) >= 11 is 0. The molecule has 0 unspecified atom stereocenters. The standard InChI is InChI=1S/C22H24N4O3/c1-25(13-16-6-3-2-4-7-16)21(28)8-5-11-29-18-9-10-19-17(12-18)14-26-15-20(27)24-22(26)23-19/h2-4,6-7,9-10,12H,5,8,11,13-15H2,1H3,(H,23,24,27). The van der Waals surface area contributed by atoms with Crippen molar-refractivity contribution in [3.05, 3.63) is 59.7 Å². The molecular weight excluding hydrogens is 368 g/mol. The zero-order chi connectivity index (χ0) is 20.2. The summed E-state index contributed by atoms with van der Waals surface area (Å²) in [6.45, 7) is 2.05. The summed E-state index contributed by atoms with van der Waals surface area (Å²) in [5.41, 5.74) is 3.00. The molecule has 1 N–H and O–H groups in total. The molecule has 0 radical (unpaired) electrons. The normalized spacial score (nSPS) is 14.6. The van der Waals surface area contributed by atoms with Crippen molar-refractivity contribution >= 4 is 23.5 Å². The highest BCUT2D eigenvalue weighted by molar-refractivity contribution is 6.05. The van der Waals surface area contributed by atoms with Gasteiger partial charge in [0.2, 0.25) is 17.8 Å². The minimum Gasteiger partial charge on any atom is -0.494 e. The molecule has 29 heavy (non-hydrogen) atoms. The van der Waals surface area contributed by atoms with Crippen LogP contribution >= 0.6 is 0 Å². The molecule has 7 heteroatoms. The third-order valence-corrected chi connectivity index (χ3v) is 5.02. The predicted molar refractivity (Wildman–Crippen MR) is 110 cm³/mol. The second-order valence-corrected chi connectivity index (χ2v) is 7.32. The van der Waals surface area contributed by atoms with E-state index < -0.39 is 0 Å². The highest BCUT2D eigenvalue weighted by Crippen LogP contribution is 2.30. The van der Waals surface area contributed by atoms with Crippen LogP contribution in [0.1, 0.15) is 24.0 Å². The third-order valence-electron chi connectivity index (χ3n) is 5.02. The van der Waals surface area contributed by atoms with Gasteiger partial charge in [0, 0.05) is 32.1 Å². The quantitative estimate of drug-likeness (QED) is 0.735. The molecule has 150 valence electrons. The first-order valence-corrected chi connectivity index (χ1v) is 9.75. The number of amides is 2. The van der Waals surface area contributed by atoms with E-state index in [2.05, 4.69) is 10.3 Å². The fourth-order valence-corrected chi connectivity index (χ4v) is 3.48. The van der Waals surface area contributed by atoms with Gasteiger partial charge in [-0.1, -0.05) is 30.3 Å². The number of nitrogens with zero attached hydrogens (tertiary/aromatic N) is 3. The summed E-state index contributed by atoms with van der Waals surface area (Å²) in [5, 5.41) is 2.76. The van der Waals surface area contributed by atoms with Crippen LogP contribution in [0.15, 0.2) is 53.5 Å². The molecule has 0 spiro atoms. The van der Waals surface area contributed by atoms with E-state index >= 15 is 0 Å². The minimum atomic E-state index is -0.0325. The highest BCUT2D eigenvalue weighted by atomic mass is 16.5. The monoisotopic (exact) mass is 392 g/mol. The number of hydrogen-bond donors (Lipinski definition) is 1. The smallest absolute Gasteiger partial charge is 0.246 e. The summed E-state index contributed by atoms with van der Waals surface area (Å²) in [6, 6.07) is 15.7. The van der Waals surface area contributed by atoms with Gasteiger partial charge in [-0.05, 0) is 30.2 Å². The molecule has 4 rings (SSSR count). The van der Waals surface area contributed by atoms with E-state index in [1.54, 1.807) is 4.90 Å². The van der Waals surface area contributed by atoms with Crippen molar-refractivity contribution in [1.82, 2.24) is 15.1 Å². The van der Waals surface area contributed by atoms with E-state index in [1.165, 1.54) is 0 Å². The first-order chi connectivity index (χ1) is 14.1. The Labute approximate surface area is 170 Å². The maximum absolute atomic E-state index is 12.3. The highest BCUT2D eigenvalue weighted by Gasteiger charge is 2.29. The Kier molecular flexibility index (Phi) is 5.46. The van der Waals surface area contributed by atoms with Crippen LogP contribution in [0.2, 0.25) is 0 Å². The van der Waals surface area contributed by atoms with Gasteiger partial charge in [-0.15, -0.1) is 0 Å². The Morgan fingerprint density at radius 3 is 2.86 bits per heavy atom. The van der Waals surface area contributed by atoms with Crippen molar-refractivity contribution in [2.75, 3.05) is 20.2 Å². The summed E-state index contributed by atoms with van der Waals surface area (Å²) in [6.07, 6.45) is 1.10. The van der Waals surface area contributed by atoms with E-state index in [4.69, 9.17) is 4.74 Å². The van der Waals surface area contributed by atoms with E-state index in [-0.39, 0.29) is 11.8 Å². The van der Waals surface area contributed by atoms with Gasteiger partial charge in [0.05, 0.1) is 12.3 Å². The molecule has 0 aromatic heterocycles. The lowest BCUT2D eigenvalue weighted by molar-refractivity contribution is -0.130. The topological polar surface area (TPSA) is 74.2 Å². The second-order valence-electron chi connectivity index (χ2n) is 7.32. The predicted octanol–water partition coefficient (Wildman–Crippen LogP) is 2.44. The number of carbonyl (C=O) groups excluding carboxylic acids is 2. The maximum atomic E-state index is 12.3. The fraction of sp³-hybridized carbons (Fsp3) is 0.318. The SMILES string of the molecule is CN(Cc1ccccc1)C(=O)CCCOc1ccc2c(c1)CN1CC(=O)NC1=N2. The number of ether oxygens (including phenoxy) is 1. The van der Waals surface area contributed by atoms with Crippen LogP contribution in [0.25, 0.3) is 0 Å². The molecule has 0 bridgehead atoms. The van der Waals surface area contributed by atoms with Crippen LogP contribution in [0.4, 0.5) is 5.69 Å². The Morgan fingerprint density at radius 1 is 1.21 bits per heavy atom. The number of guanidine groups is 1. The van der Waals surface area contributed by atoms with Gasteiger partial charge in [0.15, 0.2) is 0 Å². The largest absolute Gasteiger partial charge is 0.494 e. The number of aliphatic imine (C=N–C) groups is 1. The Hall–Kier alpha value is -3.35. The van der Waals surface area contributed by atoms with Crippen molar-refractivity contribution in [2.24, 2.45) is 4.99 Å². The lowest BCUT2D eigenvalue weighted by Gasteiger charge is -2.23. The maximum Gasteiger partial charge on any atom is 0.246 e. The number of hydrogen-bond acceptors (Lipinski definition) is 5. The van der Waals surface area contributed by atoms with Gasteiger partial charge in [-0.3, -0.25) is 14.9 Å². The Morgan fingerprint density at radius 2 is 2.03 bits per heavy atom. The average Bonchev–Trinajstić information content (AvgIpc) is 3.08. The molecule has 2 aliphatic heterocycles. The molecule has 1 fully saturated rings. The van der Waals surface area contributed by atoms with Gasteiger partial charge < -0.3 is 14.5 Å².